The predicted molar refractivity (Wildman–Crippen MR) is 84.2 cm³/mol. The molecule has 1 aliphatic rings. The zero-order valence-electron chi connectivity index (χ0n) is 12.8. The van der Waals surface area contributed by atoms with Crippen LogP contribution >= 0.6 is 0 Å². The number of carbonyl (C=O) groups excluding carboxylic acids is 1. The lowest BCUT2D eigenvalue weighted by Crippen LogP contribution is -2.12. The lowest BCUT2D eigenvalue weighted by molar-refractivity contribution is 0.103. The van der Waals surface area contributed by atoms with Crippen LogP contribution in [0.25, 0.3) is 0 Å². The summed E-state index contributed by atoms with van der Waals surface area (Å²) >= 11 is 0. The summed E-state index contributed by atoms with van der Waals surface area (Å²) in [5.41, 5.74) is 3.92. The molecular formula is C19H20O2. The summed E-state index contributed by atoms with van der Waals surface area (Å²) in [4.78, 5) is 12.9. The highest BCUT2D eigenvalue weighted by Crippen LogP contribution is 2.49. The van der Waals surface area contributed by atoms with Gasteiger partial charge in [-0.3, -0.25) is 4.79 Å². The summed E-state index contributed by atoms with van der Waals surface area (Å²) in [6, 6.07) is 13.6. The van der Waals surface area contributed by atoms with Gasteiger partial charge in [0.1, 0.15) is 5.75 Å². The summed E-state index contributed by atoms with van der Waals surface area (Å²) < 4.78 is 5.21. The Hall–Kier alpha value is -2.09. The minimum absolute atomic E-state index is 0.110. The molecule has 0 aromatic heterocycles. The molecule has 2 aromatic rings. The van der Waals surface area contributed by atoms with Crippen LogP contribution in [0.1, 0.15) is 46.8 Å². The van der Waals surface area contributed by atoms with Gasteiger partial charge in [0.2, 0.25) is 0 Å². The van der Waals surface area contributed by atoms with Gasteiger partial charge in [0.05, 0.1) is 7.11 Å². The Morgan fingerprint density at radius 2 is 1.81 bits per heavy atom. The van der Waals surface area contributed by atoms with Gasteiger partial charge in [0.25, 0.3) is 0 Å². The highest BCUT2D eigenvalue weighted by atomic mass is 16.5. The van der Waals surface area contributed by atoms with E-state index >= 15 is 0 Å². The monoisotopic (exact) mass is 280 g/mol. The van der Waals surface area contributed by atoms with E-state index in [1.54, 1.807) is 7.11 Å². The first-order valence-corrected chi connectivity index (χ1v) is 7.34. The Kier molecular flexibility index (Phi) is 3.32. The highest BCUT2D eigenvalue weighted by Gasteiger charge is 2.41. The number of hydrogen-bond donors (Lipinski definition) is 0. The predicted octanol–water partition coefficient (Wildman–Crippen LogP) is 4.29. The van der Waals surface area contributed by atoms with E-state index in [-0.39, 0.29) is 11.2 Å². The average Bonchev–Trinajstić information content (AvgIpc) is 3.25. The molecule has 0 aliphatic heterocycles. The fraction of sp³-hybridized carbons (Fsp3) is 0.316. The third-order valence-electron chi connectivity index (χ3n) is 4.50. The maximum atomic E-state index is 12.9. The van der Waals surface area contributed by atoms with Crippen LogP contribution in [-0.4, -0.2) is 12.9 Å². The fourth-order valence-electron chi connectivity index (χ4n) is 2.83. The van der Waals surface area contributed by atoms with Crippen LogP contribution in [0.4, 0.5) is 0 Å². The molecule has 2 nitrogen and oxygen atoms in total. The van der Waals surface area contributed by atoms with Crippen molar-refractivity contribution in [2.45, 2.75) is 32.1 Å². The maximum Gasteiger partial charge on any atom is 0.193 e. The summed E-state index contributed by atoms with van der Waals surface area (Å²) in [7, 11) is 1.64. The molecule has 0 amide bonds. The summed E-state index contributed by atoms with van der Waals surface area (Å²) in [5, 5.41) is 0. The van der Waals surface area contributed by atoms with Gasteiger partial charge in [-0.2, -0.15) is 0 Å². The van der Waals surface area contributed by atoms with Gasteiger partial charge >= 0.3 is 0 Å². The van der Waals surface area contributed by atoms with Crippen molar-refractivity contribution in [3.05, 3.63) is 64.7 Å². The summed E-state index contributed by atoms with van der Waals surface area (Å²) in [6.45, 7) is 4.19. The SMILES string of the molecule is COc1ccc(C(=O)c2ccccc2C2(C)CC2)c(C)c1. The molecule has 0 saturated heterocycles. The number of ether oxygens (including phenoxy) is 1. The first kappa shape index (κ1) is 13.9. The molecule has 1 aliphatic carbocycles. The zero-order chi connectivity index (χ0) is 15.0. The molecule has 1 saturated carbocycles. The normalized spacial score (nSPS) is 15.6. The minimum atomic E-state index is 0.110. The van der Waals surface area contributed by atoms with Crippen LogP contribution in [0.2, 0.25) is 0 Å². The minimum Gasteiger partial charge on any atom is -0.497 e. The summed E-state index contributed by atoms with van der Waals surface area (Å²) in [5.74, 6) is 0.894. The van der Waals surface area contributed by atoms with Crippen LogP contribution in [0, 0.1) is 6.92 Å². The van der Waals surface area contributed by atoms with Crippen molar-refractivity contribution in [2.75, 3.05) is 7.11 Å². The third kappa shape index (κ3) is 2.46. The van der Waals surface area contributed by atoms with E-state index in [0.29, 0.717) is 0 Å². The first-order valence-electron chi connectivity index (χ1n) is 7.34. The molecule has 0 N–H and O–H groups in total. The van der Waals surface area contributed by atoms with E-state index < -0.39 is 0 Å². The van der Waals surface area contributed by atoms with Crippen LogP contribution < -0.4 is 4.74 Å². The molecule has 0 unspecified atom stereocenters. The van der Waals surface area contributed by atoms with E-state index in [0.717, 1.165) is 22.4 Å². The second kappa shape index (κ2) is 5.03. The number of rotatable bonds is 4. The van der Waals surface area contributed by atoms with E-state index in [9.17, 15) is 4.79 Å². The Morgan fingerprint density at radius 3 is 2.43 bits per heavy atom. The number of hydrogen-bond acceptors (Lipinski definition) is 2. The van der Waals surface area contributed by atoms with Crippen molar-refractivity contribution in [3.8, 4) is 5.75 Å². The Balaban J connectivity index is 2.04. The van der Waals surface area contributed by atoms with Gasteiger partial charge in [-0.25, -0.2) is 0 Å². The lowest BCUT2D eigenvalue weighted by atomic mass is 9.88. The standard InChI is InChI=1S/C19H20O2/c1-13-12-14(21-3)8-9-15(13)18(20)16-6-4-5-7-17(16)19(2)10-11-19/h4-9,12H,10-11H2,1-3H3. The molecule has 0 radical (unpaired) electrons. The Labute approximate surface area is 125 Å². The second-order valence-corrected chi connectivity index (χ2v) is 6.12. The van der Waals surface area contributed by atoms with E-state index in [4.69, 9.17) is 4.74 Å². The molecule has 108 valence electrons. The van der Waals surface area contributed by atoms with Gasteiger partial charge < -0.3 is 4.74 Å². The number of methoxy groups -OCH3 is 1. The summed E-state index contributed by atoms with van der Waals surface area (Å²) in [6.07, 6.45) is 2.33. The van der Waals surface area contributed by atoms with Crippen LogP contribution in [0.15, 0.2) is 42.5 Å². The van der Waals surface area contributed by atoms with E-state index in [2.05, 4.69) is 13.0 Å². The van der Waals surface area contributed by atoms with Crippen LogP contribution in [-0.2, 0) is 5.41 Å². The van der Waals surface area contributed by atoms with E-state index in [1.807, 2.05) is 43.3 Å². The second-order valence-electron chi connectivity index (χ2n) is 6.12. The van der Waals surface area contributed by atoms with Gasteiger partial charge in [-0.15, -0.1) is 0 Å². The maximum absolute atomic E-state index is 12.9. The van der Waals surface area contributed by atoms with Gasteiger partial charge in [0, 0.05) is 11.1 Å². The molecule has 0 heterocycles. The molecule has 3 rings (SSSR count). The number of carbonyl (C=O) groups is 1. The molecular weight excluding hydrogens is 260 g/mol. The molecule has 2 heteroatoms. The third-order valence-corrected chi connectivity index (χ3v) is 4.50. The quantitative estimate of drug-likeness (QED) is 0.781. The fourth-order valence-corrected chi connectivity index (χ4v) is 2.83. The molecule has 1 fully saturated rings. The largest absolute Gasteiger partial charge is 0.497 e. The first-order chi connectivity index (χ1) is 10.0. The zero-order valence-corrected chi connectivity index (χ0v) is 12.8. The van der Waals surface area contributed by atoms with Gasteiger partial charge in [0.15, 0.2) is 5.78 Å². The average molecular weight is 280 g/mol. The van der Waals surface area contributed by atoms with Crippen molar-refractivity contribution < 1.29 is 9.53 Å². The van der Waals surface area contributed by atoms with Crippen molar-refractivity contribution in [1.29, 1.82) is 0 Å². The van der Waals surface area contributed by atoms with Gasteiger partial charge in [-0.05, 0) is 54.5 Å². The van der Waals surface area contributed by atoms with Crippen molar-refractivity contribution in [2.24, 2.45) is 0 Å². The highest BCUT2D eigenvalue weighted by molar-refractivity contribution is 6.11. The molecule has 21 heavy (non-hydrogen) atoms. The van der Waals surface area contributed by atoms with Gasteiger partial charge in [-0.1, -0.05) is 31.2 Å². The molecule has 2 aromatic carbocycles. The van der Waals surface area contributed by atoms with E-state index in [1.165, 1.54) is 18.4 Å². The van der Waals surface area contributed by atoms with Crippen LogP contribution in [0.5, 0.6) is 5.75 Å². The van der Waals surface area contributed by atoms with Crippen molar-refractivity contribution in [1.82, 2.24) is 0 Å². The number of ketones is 1. The topological polar surface area (TPSA) is 26.3 Å². The van der Waals surface area contributed by atoms with Crippen molar-refractivity contribution in [3.63, 3.8) is 0 Å². The lowest BCUT2D eigenvalue weighted by Gasteiger charge is -2.15. The Bertz CT molecular complexity index is 696. The van der Waals surface area contributed by atoms with Crippen LogP contribution in [0.3, 0.4) is 0 Å². The smallest absolute Gasteiger partial charge is 0.193 e. The number of aryl methyl sites for hydroxylation is 1. The molecule has 0 spiro atoms. The van der Waals surface area contributed by atoms with Crippen molar-refractivity contribution >= 4 is 5.78 Å². The molecule has 0 atom stereocenters. The Morgan fingerprint density at radius 1 is 1.10 bits per heavy atom. The molecule has 0 bridgehead atoms. The number of benzene rings is 2.